The largest absolute Gasteiger partial charge is 0.476 e. The van der Waals surface area contributed by atoms with E-state index in [0.717, 1.165) is 6.39 Å². The van der Waals surface area contributed by atoms with Crippen LogP contribution < -0.4 is 5.32 Å². The van der Waals surface area contributed by atoms with Gasteiger partial charge in [0.15, 0.2) is 23.5 Å². The zero-order valence-electron chi connectivity index (χ0n) is 12.3. The standard InChI is InChI=1S/C14H16N4O5/c1-2-3-4-14(17-18-14)5-6-15-11(19)8-22-7-10-12(13(20)21)16-9-23-10/h1,9H,3-8H2,(H,15,19)(H,20,21). The quantitative estimate of drug-likeness (QED) is 0.619. The fourth-order valence-corrected chi connectivity index (χ4v) is 1.90. The van der Waals surface area contributed by atoms with Crippen LogP contribution in [0.25, 0.3) is 0 Å². The summed E-state index contributed by atoms with van der Waals surface area (Å²) in [5, 5.41) is 19.4. The lowest BCUT2D eigenvalue weighted by Gasteiger charge is -2.09. The Balaban J connectivity index is 1.61. The van der Waals surface area contributed by atoms with Crippen LogP contribution in [0.1, 0.15) is 35.5 Å². The molecule has 1 aromatic heterocycles. The molecule has 2 N–H and O–H groups in total. The molecule has 1 aliphatic heterocycles. The van der Waals surface area contributed by atoms with Gasteiger partial charge in [0.2, 0.25) is 5.91 Å². The predicted octanol–water partition coefficient (Wildman–Crippen LogP) is 0.971. The predicted molar refractivity (Wildman–Crippen MR) is 76.4 cm³/mol. The van der Waals surface area contributed by atoms with Gasteiger partial charge in [-0.2, -0.15) is 10.2 Å². The van der Waals surface area contributed by atoms with Crippen molar-refractivity contribution in [3.05, 3.63) is 17.8 Å². The van der Waals surface area contributed by atoms with Crippen molar-refractivity contribution in [2.24, 2.45) is 10.2 Å². The van der Waals surface area contributed by atoms with Gasteiger partial charge in [-0.05, 0) is 0 Å². The number of ether oxygens (including phenoxy) is 1. The highest BCUT2D eigenvalue weighted by atomic mass is 16.5. The van der Waals surface area contributed by atoms with E-state index in [2.05, 4.69) is 26.4 Å². The third kappa shape index (κ3) is 4.89. The topological polar surface area (TPSA) is 126 Å². The number of amides is 1. The number of nitrogens with zero attached hydrogens (tertiary/aromatic N) is 3. The van der Waals surface area contributed by atoms with Crippen LogP contribution in [0.4, 0.5) is 0 Å². The molecule has 9 heteroatoms. The fraction of sp³-hybridized carbons (Fsp3) is 0.500. The summed E-state index contributed by atoms with van der Waals surface area (Å²) in [5.74, 6) is 1.06. The Morgan fingerprint density at radius 2 is 2.22 bits per heavy atom. The number of aromatic carboxylic acids is 1. The molecule has 0 fully saturated rings. The summed E-state index contributed by atoms with van der Waals surface area (Å²) >= 11 is 0. The maximum atomic E-state index is 11.6. The van der Waals surface area contributed by atoms with E-state index in [-0.39, 0.29) is 30.6 Å². The first kappa shape index (κ1) is 16.6. The third-order valence-electron chi connectivity index (χ3n) is 3.21. The van der Waals surface area contributed by atoms with Crippen molar-refractivity contribution >= 4 is 11.9 Å². The van der Waals surface area contributed by atoms with E-state index >= 15 is 0 Å². The number of carboxylic acid groups (broad SMARTS) is 1. The highest BCUT2D eigenvalue weighted by molar-refractivity contribution is 5.86. The summed E-state index contributed by atoms with van der Waals surface area (Å²) in [5.41, 5.74) is -0.658. The maximum absolute atomic E-state index is 11.6. The highest BCUT2D eigenvalue weighted by Crippen LogP contribution is 2.35. The fourth-order valence-electron chi connectivity index (χ4n) is 1.90. The second-order valence-electron chi connectivity index (χ2n) is 4.91. The number of oxazole rings is 1. The Labute approximate surface area is 132 Å². The Morgan fingerprint density at radius 1 is 1.43 bits per heavy atom. The Hall–Kier alpha value is -2.73. The Bertz CT molecular complexity index is 640. The van der Waals surface area contributed by atoms with E-state index in [4.69, 9.17) is 20.7 Å². The number of hydrogen-bond acceptors (Lipinski definition) is 7. The second-order valence-corrected chi connectivity index (χ2v) is 4.91. The van der Waals surface area contributed by atoms with Gasteiger partial charge in [0, 0.05) is 25.8 Å². The van der Waals surface area contributed by atoms with Crippen molar-refractivity contribution in [2.75, 3.05) is 13.2 Å². The van der Waals surface area contributed by atoms with Gasteiger partial charge in [0.1, 0.15) is 13.2 Å². The van der Waals surface area contributed by atoms with Gasteiger partial charge in [0.25, 0.3) is 0 Å². The molecular weight excluding hydrogens is 304 g/mol. The first-order valence-corrected chi connectivity index (χ1v) is 6.94. The van der Waals surface area contributed by atoms with Gasteiger partial charge in [0.05, 0.1) is 0 Å². The first-order valence-electron chi connectivity index (χ1n) is 6.94. The van der Waals surface area contributed by atoms with Crippen molar-refractivity contribution in [3.63, 3.8) is 0 Å². The van der Waals surface area contributed by atoms with E-state index in [9.17, 15) is 9.59 Å². The summed E-state index contributed by atoms with van der Waals surface area (Å²) in [6.07, 6.45) is 8.07. The molecule has 122 valence electrons. The minimum Gasteiger partial charge on any atom is -0.476 e. The molecule has 0 unspecified atom stereocenters. The molecule has 9 nitrogen and oxygen atoms in total. The molecule has 0 saturated carbocycles. The number of hydrogen-bond donors (Lipinski definition) is 2. The summed E-state index contributed by atoms with van der Waals surface area (Å²) in [7, 11) is 0. The maximum Gasteiger partial charge on any atom is 0.358 e. The number of rotatable bonds is 10. The number of terminal acetylenes is 1. The van der Waals surface area contributed by atoms with Crippen molar-refractivity contribution in [1.29, 1.82) is 0 Å². The minimum atomic E-state index is -1.21. The molecule has 2 rings (SSSR count). The van der Waals surface area contributed by atoms with Crippen LogP contribution in [-0.4, -0.2) is 40.8 Å². The van der Waals surface area contributed by atoms with Crippen LogP contribution >= 0.6 is 0 Å². The molecule has 0 atom stereocenters. The van der Waals surface area contributed by atoms with Crippen molar-refractivity contribution in [2.45, 2.75) is 31.5 Å². The third-order valence-corrected chi connectivity index (χ3v) is 3.21. The summed E-state index contributed by atoms with van der Waals surface area (Å²) in [4.78, 5) is 26.0. The lowest BCUT2D eigenvalue weighted by Crippen LogP contribution is -2.31. The van der Waals surface area contributed by atoms with E-state index in [1.54, 1.807) is 0 Å². The molecule has 0 bridgehead atoms. The highest BCUT2D eigenvalue weighted by Gasteiger charge is 2.38. The zero-order chi connectivity index (χ0) is 16.7. The van der Waals surface area contributed by atoms with E-state index in [1.807, 2.05) is 0 Å². The number of carbonyl (C=O) groups is 2. The Kier molecular flexibility index (Phi) is 5.43. The van der Waals surface area contributed by atoms with Gasteiger partial charge in [-0.3, -0.25) is 4.79 Å². The molecule has 0 spiro atoms. The van der Waals surface area contributed by atoms with Crippen LogP contribution in [-0.2, 0) is 16.1 Å². The normalized spacial score (nSPS) is 14.2. The number of aromatic nitrogens is 1. The lowest BCUT2D eigenvalue weighted by molar-refractivity contribution is -0.126. The van der Waals surface area contributed by atoms with Crippen LogP contribution in [0.15, 0.2) is 21.0 Å². The molecule has 1 aromatic rings. The minimum absolute atomic E-state index is 0.0640. The van der Waals surface area contributed by atoms with E-state index < -0.39 is 11.6 Å². The van der Waals surface area contributed by atoms with Crippen molar-refractivity contribution in [3.8, 4) is 12.3 Å². The van der Waals surface area contributed by atoms with Gasteiger partial charge in [-0.25, -0.2) is 9.78 Å². The van der Waals surface area contributed by atoms with Crippen molar-refractivity contribution < 1.29 is 23.8 Å². The van der Waals surface area contributed by atoms with Gasteiger partial charge >= 0.3 is 5.97 Å². The van der Waals surface area contributed by atoms with E-state index in [0.29, 0.717) is 25.8 Å². The molecule has 0 aromatic carbocycles. The zero-order valence-corrected chi connectivity index (χ0v) is 12.3. The first-order chi connectivity index (χ1) is 11.1. The SMILES string of the molecule is C#CCCC1(CCNC(=O)COCc2ocnc2C(=O)O)N=N1. The number of carboxylic acids is 1. The summed E-state index contributed by atoms with van der Waals surface area (Å²) < 4.78 is 10.0. The molecule has 0 radical (unpaired) electrons. The average molecular weight is 320 g/mol. The molecular formula is C14H16N4O5. The second kappa shape index (κ2) is 7.51. The van der Waals surface area contributed by atoms with Crippen LogP contribution in [0, 0.1) is 12.3 Å². The smallest absolute Gasteiger partial charge is 0.358 e. The van der Waals surface area contributed by atoms with Gasteiger partial charge < -0.3 is 19.6 Å². The van der Waals surface area contributed by atoms with Crippen LogP contribution in [0.5, 0.6) is 0 Å². The molecule has 0 aliphatic carbocycles. The van der Waals surface area contributed by atoms with Crippen LogP contribution in [0.2, 0.25) is 0 Å². The van der Waals surface area contributed by atoms with Gasteiger partial charge in [-0.15, -0.1) is 12.3 Å². The lowest BCUT2D eigenvalue weighted by atomic mass is 10.0. The summed E-state index contributed by atoms with van der Waals surface area (Å²) in [6, 6.07) is 0. The van der Waals surface area contributed by atoms with Crippen LogP contribution in [0.3, 0.4) is 0 Å². The number of carbonyl (C=O) groups excluding carboxylic acids is 1. The Morgan fingerprint density at radius 3 is 2.87 bits per heavy atom. The van der Waals surface area contributed by atoms with E-state index in [1.165, 1.54) is 0 Å². The van der Waals surface area contributed by atoms with Gasteiger partial charge in [-0.1, -0.05) is 0 Å². The monoisotopic (exact) mass is 320 g/mol. The average Bonchev–Trinajstić information content (AvgIpc) is 3.12. The molecule has 1 aliphatic rings. The summed E-state index contributed by atoms with van der Waals surface area (Å²) in [6.45, 7) is 0.0413. The molecule has 2 heterocycles. The number of nitrogens with one attached hydrogen (secondary N) is 1. The molecule has 23 heavy (non-hydrogen) atoms. The molecule has 1 amide bonds. The molecule has 0 saturated heterocycles. The van der Waals surface area contributed by atoms with Crippen molar-refractivity contribution in [1.82, 2.24) is 10.3 Å².